The van der Waals surface area contributed by atoms with Gasteiger partial charge in [0.15, 0.2) is 5.82 Å². The Labute approximate surface area is 109 Å². The number of hydrogen-bond acceptors (Lipinski definition) is 2. The van der Waals surface area contributed by atoms with Crippen LogP contribution in [0.5, 0.6) is 0 Å². The van der Waals surface area contributed by atoms with Crippen molar-refractivity contribution >= 4 is 34.8 Å². The van der Waals surface area contributed by atoms with Crippen molar-refractivity contribution < 1.29 is 9.18 Å². The van der Waals surface area contributed by atoms with E-state index in [1.54, 1.807) is 0 Å². The second-order valence-electron chi connectivity index (χ2n) is 3.51. The maximum Gasteiger partial charge on any atom is 0.224 e. The zero-order valence-corrected chi connectivity index (χ0v) is 10.8. The maximum absolute atomic E-state index is 13.1. The molecule has 0 bridgehead atoms. The first-order chi connectivity index (χ1) is 8.04. The van der Waals surface area contributed by atoms with E-state index in [2.05, 4.69) is 10.6 Å². The Kier molecular flexibility index (Phi) is 5.68. The number of hydrogen-bond donors (Lipinski definition) is 2. The molecule has 0 atom stereocenters. The summed E-state index contributed by atoms with van der Waals surface area (Å²) in [4.78, 5) is 11.5. The van der Waals surface area contributed by atoms with Gasteiger partial charge < -0.3 is 10.6 Å². The zero-order valence-electron chi connectivity index (χ0n) is 9.32. The van der Waals surface area contributed by atoms with E-state index in [1.807, 2.05) is 7.05 Å². The minimum absolute atomic E-state index is 0.108. The molecular weight excluding hydrogens is 266 g/mol. The highest BCUT2D eigenvalue weighted by molar-refractivity contribution is 6.35. The Hall–Kier alpha value is -0.840. The third-order valence-corrected chi connectivity index (χ3v) is 2.65. The Balaban J connectivity index is 2.60. The van der Waals surface area contributed by atoms with Gasteiger partial charge in [-0.25, -0.2) is 4.39 Å². The first-order valence-electron chi connectivity index (χ1n) is 5.13. The number of amides is 1. The molecule has 3 nitrogen and oxygen atoms in total. The van der Waals surface area contributed by atoms with Gasteiger partial charge in [0.2, 0.25) is 5.91 Å². The van der Waals surface area contributed by atoms with Crippen molar-refractivity contribution in [2.24, 2.45) is 0 Å². The highest BCUT2D eigenvalue weighted by Gasteiger charge is 2.09. The van der Waals surface area contributed by atoms with Gasteiger partial charge in [-0.3, -0.25) is 4.79 Å². The Morgan fingerprint density at radius 1 is 1.35 bits per heavy atom. The van der Waals surface area contributed by atoms with Crippen LogP contribution in [0.1, 0.15) is 12.8 Å². The van der Waals surface area contributed by atoms with Crippen LogP contribution in [-0.2, 0) is 4.79 Å². The van der Waals surface area contributed by atoms with Crippen LogP contribution < -0.4 is 10.6 Å². The average molecular weight is 279 g/mol. The van der Waals surface area contributed by atoms with Crippen LogP contribution in [0.3, 0.4) is 0 Å². The first kappa shape index (κ1) is 14.2. The molecule has 0 aromatic heterocycles. The fourth-order valence-corrected chi connectivity index (χ4v) is 1.76. The van der Waals surface area contributed by atoms with Gasteiger partial charge >= 0.3 is 0 Å². The van der Waals surface area contributed by atoms with Crippen LogP contribution in [0.15, 0.2) is 12.1 Å². The number of carbonyl (C=O) groups excluding carboxylic acids is 1. The molecule has 1 aromatic rings. The third kappa shape index (κ3) is 4.50. The quantitative estimate of drug-likeness (QED) is 0.642. The number of rotatable bonds is 5. The predicted octanol–water partition coefficient (Wildman–Crippen LogP) is 3.07. The SMILES string of the molecule is CNCCCC(=O)Nc1cc(Cl)c(F)c(Cl)c1. The Morgan fingerprint density at radius 2 is 1.94 bits per heavy atom. The van der Waals surface area contributed by atoms with Gasteiger partial charge in [-0.05, 0) is 32.1 Å². The van der Waals surface area contributed by atoms with Gasteiger partial charge in [-0.1, -0.05) is 23.2 Å². The lowest BCUT2D eigenvalue weighted by Gasteiger charge is -2.07. The number of halogens is 3. The van der Waals surface area contributed by atoms with E-state index in [0.29, 0.717) is 12.1 Å². The van der Waals surface area contributed by atoms with E-state index in [0.717, 1.165) is 13.0 Å². The van der Waals surface area contributed by atoms with Crippen LogP contribution in [0.25, 0.3) is 0 Å². The topological polar surface area (TPSA) is 41.1 Å². The summed E-state index contributed by atoms with van der Waals surface area (Å²) >= 11 is 11.2. The monoisotopic (exact) mass is 278 g/mol. The molecule has 0 unspecified atom stereocenters. The smallest absolute Gasteiger partial charge is 0.224 e. The molecule has 0 fully saturated rings. The molecule has 0 aliphatic heterocycles. The number of nitrogens with one attached hydrogen (secondary N) is 2. The number of benzene rings is 1. The lowest BCUT2D eigenvalue weighted by molar-refractivity contribution is -0.116. The summed E-state index contributed by atoms with van der Waals surface area (Å²) in [6.07, 6.45) is 1.11. The van der Waals surface area contributed by atoms with Crippen molar-refractivity contribution in [3.05, 3.63) is 28.0 Å². The summed E-state index contributed by atoms with van der Waals surface area (Å²) in [6.45, 7) is 0.762. The van der Waals surface area contributed by atoms with Crippen LogP contribution in [-0.4, -0.2) is 19.5 Å². The molecular formula is C11H13Cl2FN2O. The van der Waals surface area contributed by atoms with Crippen LogP contribution >= 0.6 is 23.2 Å². The maximum atomic E-state index is 13.1. The summed E-state index contributed by atoms with van der Waals surface area (Å²) in [5, 5.41) is 5.33. The highest BCUT2D eigenvalue weighted by Crippen LogP contribution is 2.27. The molecule has 17 heavy (non-hydrogen) atoms. The van der Waals surface area contributed by atoms with E-state index in [4.69, 9.17) is 23.2 Å². The lowest BCUT2D eigenvalue weighted by atomic mass is 10.2. The van der Waals surface area contributed by atoms with Crippen molar-refractivity contribution in [2.45, 2.75) is 12.8 Å². The van der Waals surface area contributed by atoms with Gasteiger partial charge in [0.25, 0.3) is 0 Å². The summed E-state index contributed by atoms with van der Waals surface area (Å²) in [5.74, 6) is -0.833. The summed E-state index contributed by atoms with van der Waals surface area (Å²) < 4.78 is 13.1. The second-order valence-corrected chi connectivity index (χ2v) is 4.32. The van der Waals surface area contributed by atoms with Crippen LogP contribution in [0, 0.1) is 5.82 Å². The van der Waals surface area contributed by atoms with Crippen molar-refractivity contribution in [3.8, 4) is 0 Å². The second kappa shape index (κ2) is 6.79. The first-order valence-corrected chi connectivity index (χ1v) is 5.89. The van der Waals surface area contributed by atoms with Gasteiger partial charge in [-0.2, -0.15) is 0 Å². The van der Waals surface area contributed by atoms with Gasteiger partial charge in [0.05, 0.1) is 10.0 Å². The highest BCUT2D eigenvalue weighted by atomic mass is 35.5. The molecule has 0 saturated carbocycles. The minimum atomic E-state index is -0.679. The number of carbonyl (C=O) groups is 1. The molecule has 0 radical (unpaired) electrons. The van der Waals surface area contributed by atoms with E-state index < -0.39 is 5.82 Å². The Morgan fingerprint density at radius 3 is 2.47 bits per heavy atom. The largest absolute Gasteiger partial charge is 0.326 e. The summed E-state index contributed by atoms with van der Waals surface area (Å²) in [5.41, 5.74) is 0.399. The van der Waals surface area contributed by atoms with Crippen molar-refractivity contribution in [1.29, 1.82) is 0 Å². The molecule has 0 heterocycles. The third-order valence-electron chi connectivity index (χ3n) is 2.10. The van der Waals surface area contributed by atoms with E-state index >= 15 is 0 Å². The molecule has 1 aromatic carbocycles. The summed E-state index contributed by atoms with van der Waals surface area (Å²) in [6, 6.07) is 2.66. The normalized spacial score (nSPS) is 10.4. The van der Waals surface area contributed by atoms with Crippen molar-refractivity contribution in [3.63, 3.8) is 0 Å². The standard InChI is InChI=1S/C11H13Cl2FN2O/c1-15-4-2-3-10(17)16-7-5-8(12)11(14)9(13)6-7/h5-6,15H,2-4H2,1H3,(H,16,17). The van der Waals surface area contributed by atoms with Gasteiger partial charge in [-0.15, -0.1) is 0 Å². The van der Waals surface area contributed by atoms with Crippen LogP contribution in [0.4, 0.5) is 10.1 Å². The Bertz CT molecular complexity index is 389. The molecule has 6 heteroatoms. The summed E-state index contributed by atoms with van der Waals surface area (Å²) in [7, 11) is 1.82. The zero-order chi connectivity index (χ0) is 12.8. The van der Waals surface area contributed by atoms with Crippen molar-refractivity contribution in [1.82, 2.24) is 5.32 Å². The van der Waals surface area contributed by atoms with E-state index in [1.165, 1.54) is 12.1 Å². The molecule has 1 rings (SSSR count). The van der Waals surface area contributed by atoms with Crippen molar-refractivity contribution in [2.75, 3.05) is 18.9 Å². The van der Waals surface area contributed by atoms with Gasteiger partial charge in [0.1, 0.15) is 0 Å². The minimum Gasteiger partial charge on any atom is -0.326 e. The fraction of sp³-hybridized carbons (Fsp3) is 0.364. The molecule has 2 N–H and O–H groups in total. The number of anilines is 1. The van der Waals surface area contributed by atoms with Crippen LogP contribution in [0.2, 0.25) is 10.0 Å². The molecule has 0 saturated heterocycles. The van der Waals surface area contributed by atoms with Gasteiger partial charge in [0, 0.05) is 12.1 Å². The molecule has 94 valence electrons. The van der Waals surface area contributed by atoms with E-state index in [9.17, 15) is 9.18 Å². The molecule has 0 aliphatic rings. The molecule has 1 amide bonds. The molecule has 0 aliphatic carbocycles. The fourth-order valence-electron chi connectivity index (χ4n) is 1.28. The average Bonchev–Trinajstić information content (AvgIpc) is 2.26. The molecule has 0 spiro atoms. The lowest BCUT2D eigenvalue weighted by Crippen LogP contribution is -2.15. The van der Waals surface area contributed by atoms with E-state index in [-0.39, 0.29) is 16.0 Å². The predicted molar refractivity (Wildman–Crippen MR) is 68.2 cm³/mol.